The molecule has 0 spiro atoms. The van der Waals surface area contributed by atoms with Crippen LogP contribution in [0, 0.1) is 0 Å². The first kappa shape index (κ1) is 13.5. The van der Waals surface area contributed by atoms with Crippen LogP contribution in [0.25, 0.3) is 5.65 Å². The molecule has 0 radical (unpaired) electrons. The van der Waals surface area contributed by atoms with Crippen LogP contribution in [0.15, 0.2) is 24.7 Å². The lowest BCUT2D eigenvalue weighted by Crippen LogP contribution is -2.58. The summed E-state index contributed by atoms with van der Waals surface area (Å²) < 4.78 is 6.94. The van der Waals surface area contributed by atoms with Crippen LogP contribution < -0.4 is 5.73 Å². The van der Waals surface area contributed by atoms with Crippen molar-refractivity contribution in [3.05, 3.63) is 30.2 Å². The summed E-state index contributed by atoms with van der Waals surface area (Å²) in [4.78, 5) is 29.8. The molecule has 21 heavy (non-hydrogen) atoms. The second-order valence-corrected chi connectivity index (χ2v) is 5.12. The van der Waals surface area contributed by atoms with Crippen LogP contribution in [0.4, 0.5) is 0 Å². The van der Waals surface area contributed by atoms with E-state index < -0.39 is 11.5 Å². The van der Waals surface area contributed by atoms with Gasteiger partial charge in [0.1, 0.15) is 5.56 Å². The highest BCUT2D eigenvalue weighted by molar-refractivity contribution is 6.00. The first-order valence-electron chi connectivity index (χ1n) is 6.53. The van der Waals surface area contributed by atoms with Gasteiger partial charge in [0.25, 0.3) is 11.8 Å². The molecule has 0 saturated carbocycles. The van der Waals surface area contributed by atoms with Gasteiger partial charge in [-0.25, -0.2) is 9.50 Å². The van der Waals surface area contributed by atoms with Gasteiger partial charge < -0.3 is 15.4 Å². The minimum absolute atomic E-state index is 0.116. The Kier molecular flexibility index (Phi) is 3.09. The maximum absolute atomic E-state index is 12.6. The quantitative estimate of drug-likeness (QED) is 0.798. The average Bonchev–Trinajstić information content (AvgIpc) is 2.90. The molecule has 1 saturated heterocycles. The number of nitrogens with two attached hydrogens (primary N) is 1. The summed E-state index contributed by atoms with van der Waals surface area (Å²) in [6, 6.07) is 1.73. The van der Waals surface area contributed by atoms with E-state index in [1.54, 1.807) is 30.3 Å². The third-order valence-corrected chi connectivity index (χ3v) is 3.59. The van der Waals surface area contributed by atoms with E-state index in [1.165, 1.54) is 10.7 Å². The average molecular weight is 289 g/mol. The number of hydrogen-bond acceptors (Lipinski definition) is 5. The van der Waals surface area contributed by atoms with E-state index in [4.69, 9.17) is 10.5 Å². The molecule has 0 aromatic carbocycles. The lowest BCUT2D eigenvalue weighted by Gasteiger charge is -2.38. The van der Waals surface area contributed by atoms with Gasteiger partial charge in [-0.05, 0) is 13.0 Å². The highest BCUT2D eigenvalue weighted by Gasteiger charge is 2.39. The Morgan fingerprint density at radius 1 is 1.48 bits per heavy atom. The Labute approximate surface area is 120 Å². The minimum Gasteiger partial charge on any atom is -0.367 e. The first-order valence-corrected chi connectivity index (χ1v) is 6.53. The van der Waals surface area contributed by atoms with Gasteiger partial charge in [0.2, 0.25) is 0 Å². The SMILES string of the molecule is CC1(C(N)=O)CN(C(=O)c2cnn3cccnc23)CCO1. The molecule has 1 aliphatic rings. The van der Waals surface area contributed by atoms with Crippen LogP contribution in [0.3, 0.4) is 0 Å². The van der Waals surface area contributed by atoms with E-state index in [0.717, 1.165) is 0 Å². The summed E-state index contributed by atoms with van der Waals surface area (Å²) >= 11 is 0. The number of aromatic nitrogens is 3. The number of rotatable bonds is 2. The van der Waals surface area contributed by atoms with Gasteiger partial charge in [-0.2, -0.15) is 5.10 Å². The van der Waals surface area contributed by atoms with Gasteiger partial charge in [0.05, 0.1) is 19.3 Å². The first-order chi connectivity index (χ1) is 10.0. The molecular formula is C13H15N5O3. The second-order valence-electron chi connectivity index (χ2n) is 5.12. The van der Waals surface area contributed by atoms with Gasteiger partial charge in [0, 0.05) is 18.9 Å². The lowest BCUT2D eigenvalue weighted by molar-refractivity contribution is -0.150. The molecule has 2 aromatic rings. The number of carbonyl (C=O) groups is 2. The summed E-state index contributed by atoms with van der Waals surface area (Å²) in [7, 11) is 0. The molecule has 2 aromatic heterocycles. The zero-order valence-corrected chi connectivity index (χ0v) is 11.5. The molecule has 1 fully saturated rings. The summed E-state index contributed by atoms with van der Waals surface area (Å²) in [6.07, 6.45) is 4.79. The summed E-state index contributed by atoms with van der Waals surface area (Å²) in [5, 5.41) is 4.09. The van der Waals surface area contributed by atoms with Crippen molar-refractivity contribution in [2.75, 3.05) is 19.7 Å². The smallest absolute Gasteiger partial charge is 0.259 e. The summed E-state index contributed by atoms with van der Waals surface area (Å²) in [6.45, 7) is 2.36. The largest absolute Gasteiger partial charge is 0.367 e. The standard InChI is InChI=1S/C13H15N5O3/c1-13(12(14)20)8-17(5-6-21-13)11(19)9-7-16-18-4-2-3-15-10(9)18/h2-4,7H,5-6,8H2,1H3,(H2,14,20). The minimum atomic E-state index is -1.16. The number of carbonyl (C=O) groups excluding carboxylic acids is 2. The Bertz CT molecular complexity index is 713. The van der Waals surface area contributed by atoms with Gasteiger partial charge in [-0.15, -0.1) is 0 Å². The number of primary amides is 1. The maximum atomic E-state index is 12.6. The molecule has 8 heteroatoms. The van der Waals surface area contributed by atoms with Crippen molar-refractivity contribution in [3.8, 4) is 0 Å². The topological polar surface area (TPSA) is 103 Å². The van der Waals surface area contributed by atoms with Crippen LogP contribution in [-0.4, -0.2) is 56.6 Å². The third kappa shape index (κ3) is 2.23. The predicted octanol–water partition coefficient (Wildman–Crippen LogP) is -0.554. The molecule has 8 nitrogen and oxygen atoms in total. The highest BCUT2D eigenvalue weighted by Crippen LogP contribution is 2.20. The van der Waals surface area contributed by atoms with Gasteiger partial charge in [-0.3, -0.25) is 9.59 Å². The van der Waals surface area contributed by atoms with Crippen molar-refractivity contribution in [2.45, 2.75) is 12.5 Å². The normalized spacial score (nSPS) is 22.4. The fourth-order valence-electron chi connectivity index (χ4n) is 2.34. The van der Waals surface area contributed by atoms with E-state index >= 15 is 0 Å². The molecule has 0 aliphatic carbocycles. The fraction of sp³-hybridized carbons (Fsp3) is 0.385. The van der Waals surface area contributed by atoms with E-state index in [9.17, 15) is 9.59 Å². The van der Waals surface area contributed by atoms with E-state index in [1.807, 2.05) is 0 Å². The Morgan fingerprint density at radius 2 is 2.29 bits per heavy atom. The Hall–Kier alpha value is -2.48. The number of morpholine rings is 1. The van der Waals surface area contributed by atoms with Crippen LogP contribution in [0.2, 0.25) is 0 Å². The molecular weight excluding hydrogens is 274 g/mol. The van der Waals surface area contributed by atoms with Crippen LogP contribution in [0.5, 0.6) is 0 Å². The van der Waals surface area contributed by atoms with Crippen LogP contribution in [-0.2, 0) is 9.53 Å². The molecule has 0 bridgehead atoms. The van der Waals surface area contributed by atoms with Crippen molar-refractivity contribution >= 4 is 17.5 Å². The summed E-state index contributed by atoms with van der Waals surface area (Å²) in [5.74, 6) is -0.822. The third-order valence-electron chi connectivity index (χ3n) is 3.59. The summed E-state index contributed by atoms with van der Waals surface area (Å²) in [5.41, 5.74) is 5.05. The fourth-order valence-corrected chi connectivity index (χ4v) is 2.34. The maximum Gasteiger partial charge on any atom is 0.259 e. The van der Waals surface area contributed by atoms with Crippen LogP contribution >= 0.6 is 0 Å². The lowest BCUT2D eigenvalue weighted by atomic mass is 10.0. The Balaban J connectivity index is 1.90. The zero-order valence-electron chi connectivity index (χ0n) is 11.5. The van der Waals surface area contributed by atoms with E-state index in [0.29, 0.717) is 17.8 Å². The van der Waals surface area contributed by atoms with E-state index in [2.05, 4.69) is 10.1 Å². The van der Waals surface area contributed by atoms with Gasteiger partial charge >= 0.3 is 0 Å². The molecule has 2 amide bonds. The monoisotopic (exact) mass is 289 g/mol. The Morgan fingerprint density at radius 3 is 3.05 bits per heavy atom. The molecule has 110 valence electrons. The molecule has 1 atom stereocenters. The predicted molar refractivity (Wildman–Crippen MR) is 72.4 cm³/mol. The molecule has 3 rings (SSSR count). The van der Waals surface area contributed by atoms with Gasteiger partial charge in [-0.1, -0.05) is 0 Å². The van der Waals surface area contributed by atoms with Crippen molar-refractivity contribution in [1.29, 1.82) is 0 Å². The highest BCUT2D eigenvalue weighted by atomic mass is 16.5. The molecule has 3 heterocycles. The van der Waals surface area contributed by atoms with Crippen molar-refractivity contribution in [1.82, 2.24) is 19.5 Å². The number of fused-ring (bicyclic) bond motifs is 1. The van der Waals surface area contributed by atoms with Crippen LogP contribution in [0.1, 0.15) is 17.3 Å². The number of nitrogens with zero attached hydrogens (tertiary/aromatic N) is 4. The number of ether oxygens (including phenoxy) is 1. The van der Waals surface area contributed by atoms with Crippen molar-refractivity contribution in [3.63, 3.8) is 0 Å². The molecule has 1 unspecified atom stereocenters. The molecule has 2 N–H and O–H groups in total. The molecule has 1 aliphatic heterocycles. The number of amides is 2. The number of hydrogen-bond donors (Lipinski definition) is 1. The van der Waals surface area contributed by atoms with Crippen molar-refractivity contribution < 1.29 is 14.3 Å². The van der Waals surface area contributed by atoms with E-state index in [-0.39, 0.29) is 19.1 Å². The zero-order chi connectivity index (χ0) is 15.0. The van der Waals surface area contributed by atoms with Gasteiger partial charge in [0.15, 0.2) is 11.2 Å². The second kappa shape index (κ2) is 4.81. The van der Waals surface area contributed by atoms with Crippen molar-refractivity contribution in [2.24, 2.45) is 5.73 Å².